The highest BCUT2D eigenvalue weighted by Crippen LogP contribution is 2.20. The Morgan fingerprint density at radius 1 is 1.14 bits per heavy atom. The Balaban J connectivity index is 2.22. The fourth-order valence-electron chi connectivity index (χ4n) is 2.74. The van der Waals surface area contributed by atoms with Crippen LogP contribution in [0.3, 0.4) is 0 Å². The van der Waals surface area contributed by atoms with E-state index in [0.29, 0.717) is 11.6 Å². The summed E-state index contributed by atoms with van der Waals surface area (Å²) in [5.41, 5.74) is 13.5. The highest BCUT2D eigenvalue weighted by molar-refractivity contribution is 6.31. The maximum absolute atomic E-state index is 12.3. The van der Waals surface area contributed by atoms with Gasteiger partial charge in [0.15, 0.2) is 0 Å². The molecule has 0 bridgehead atoms. The zero-order valence-corrected chi connectivity index (χ0v) is 16.4. The highest BCUT2D eigenvalue weighted by Gasteiger charge is 2.17. The lowest BCUT2D eigenvalue weighted by atomic mass is 10.1. The van der Waals surface area contributed by atoms with Crippen molar-refractivity contribution in [2.75, 3.05) is 13.1 Å². The van der Waals surface area contributed by atoms with E-state index in [1.54, 1.807) is 10.8 Å². The van der Waals surface area contributed by atoms with E-state index in [1.807, 2.05) is 38.1 Å². The van der Waals surface area contributed by atoms with E-state index in [-0.39, 0.29) is 0 Å². The number of rotatable bonds is 8. The summed E-state index contributed by atoms with van der Waals surface area (Å²) >= 11 is 6.21. The van der Waals surface area contributed by atoms with E-state index >= 15 is 0 Å². The molecule has 148 valence electrons. The molecule has 0 radical (unpaired) electrons. The summed E-state index contributed by atoms with van der Waals surface area (Å²) in [6.07, 6.45) is 2.86. The van der Waals surface area contributed by atoms with Crippen molar-refractivity contribution in [3.8, 4) is 0 Å². The molecular weight excluding hydrogens is 382 g/mol. The van der Waals surface area contributed by atoms with Crippen molar-refractivity contribution in [1.29, 1.82) is 0 Å². The van der Waals surface area contributed by atoms with Gasteiger partial charge in [0.05, 0.1) is 12.2 Å². The number of hydrogen-bond acceptors (Lipinski definition) is 4. The Labute approximate surface area is 167 Å². The molecule has 0 atom stereocenters. The lowest BCUT2D eigenvalue weighted by molar-refractivity contribution is -0.134. The number of amides is 3. The van der Waals surface area contributed by atoms with Gasteiger partial charge < -0.3 is 16.4 Å². The fourth-order valence-corrected chi connectivity index (χ4v) is 2.94. The summed E-state index contributed by atoms with van der Waals surface area (Å²) in [5.74, 6) is -2.01. The summed E-state index contributed by atoms with van der Waals surface area (Å²) < 4.78 is 1.80. The van der Waals surface area contributed by atoms with Crippen LogP contribution >= 0.6 is 11.6 Å². The van der Waals surface area contributed by atoms with Gasteiger partial charge in [0.2, 0.25) is 17.7 Å². The van der Waals surface area contributed by atoms with E-state index in [1.165, 1.54) is 6.08 Å². The number of halogens is 1. The van der Waals surface area contributed by atoms with Gasteiger partial charge in [-0.3, -0.25) is 19.1 Å². The molecule has 0 saturated carbocycles. The quantitative estimate of drug-likeness (QED) is 0.638. The minimum absolute atomic E-state index is 0.393. The standard InChI is InChI=1S/C19H22ClN5O3/c1-12-15(7-8-19(28)24(10-17(21)26)11-18(22)27)13(2)25(23-12)9-14-5-3-4-6-16(14)20/h3-8H,9-11H2,1-2H3,(H2,21,26)(H2,22,27). The monoisotopic (exact) mass is 403 g/mol. The van der Waals surface area contributed by atoms with E-state index in [0.717, 1.165) is 27.4 Å². The molecular formula is C19H22ClN5O3. The molecule has 28 heavy (non-hydrogen) atoms. The third kappa shape index (κ3) is 5.43. The van der Waals surface area contributed by atoms with Crippen molar-refractivity contribution < 1.29 is 14.4 Å². The molecule has 3 amide bonds. The maximum Gasteiger partial charge on any atom is 0.247 e. The van der Waals surface area contributed by atoms with E-state index in [2.05, 4.69) is 5.10 Å². The van der Waals surface area contributed by atoms with Gasteiger partial charge in [-0.1, -0.05) is 29.8 Å². The molecule has 1 heterocycles. The van der Waals surface area contributed by atoms with Gasteiger partial charge in [0, 0.05) is 22.4 Å². The first kappa shape index (κ1) is 21.2. The molecule has 1 aromatic carbocycles. The van der Waals surface area contributed by atoms with Crippen molar-refractivity contribution in [3.05, 3.63) is 57.9 Å². The van der Waals surface area contributed by atoms with Gasteiger partial charge in [-0.25, -0.2) is 0 Å². The van der Waals surface area contributed by atoms with Crippen LogP contribution in [0.1, 0.15) is 22.5 Å². The predicted molar refractivity (Wildman–Crippen MR) is 106 cm³/mol. The minimum Gasteiger partial charge on any atom is -0.368 e. The summed E-state index contributed by atoms with van der Waals surface area (Å²) in [7, 11) is 0. The lowest BCUT2D eigenvalue weighted by Crippen LogP contribution is -2.42. The number of hydrogen-bond donors (Lipinski definition) is 2. The smallest absolute Gasteiger partial charge is 0.247 e. The first-order valence-electron chi connectivity index (χ1n) is 8.50. The molecule has 0 saturated heterocycles. The topological polar surface area (TPSA) is 124 Å². The van der Waals surface area contributed by atoms with Crippen LogP contribution in [0.15, 0.2) is 30.3 Å². The lowest BCUT2D eigenvalue weighted by Gasteiger charge is -2.17. The molecule has 0 spiro atoms. The number of aromatic nitrogens is 2. The van der Waals surface area contributed by atoms with Gasteiger partial charge in [-0.05, 0) is 31.6 Å². The summed E-state index contributed by atoms with van der Waals surface area (Å²) in [5, 5.41) is 5.15. The Kier molecular flexibility index (Phi) is 6.94. The second kappa shape index (κ2) is 9.18. The third-order valence-electron chi connectivity index (χ3n) is 4.11. The van der Waals surface area contributed by atoms with Crippen LogP contribution in [-0.2, 0) is 20.9 Å². The maximum atomic E-state index is 12.3. The van der Waals surface area contributed by atoms with Crippen LogP contribution < -0.4 is 11.5 Å². The van der Waals surface area contributed by atoms with Crippen LogP contribution in [0.5, 0.6) is 0 Å². The van der Waals surface area contributed by atoms with Crippen LogP contribution in [0.2, 0.25) is 5.02 Å². The van der Waals surface area contributed by atoms with Crippen molar-refractivity contribution in [2.45, 2.75) is 20.4 Å². The van der Waals surface area contributed by atoms with Crippen LogP contribution in [-0.4, -0.2) is 45.5 Å². The minimum atomic E-state index is -0.733. The second-order valence-electron chi connectivity index (χ2n) is 6.29. The molecule has 0 fully saturated rings. The molecule has 4 N–H and O–H groups in total. The molecule has 0 aliphatic rings. The fraction of sp³-hybridized carbons (Fsp3) is 0.263. The van der Waals surface area contributed by atoms with Crippen LogP contribution in [0.25, 0.3) is 6.08 Å². The van der Waals surface area contributed by atoms with E-state index in [4.69, 9.17) is 23.1 Å². The number of aryl methyl sites for hydroxylation is 1. The van der Waals surface area contributed by atoms with Crippen LogP contribution in [0, 0.1) is 13.8 Å². The van der Waals surface area contributed by atoms with Crippen molar-refractivity contribution in [1.82, 2.24) is 14.7 Å². The van der Waals surface area contributed by atoms with Gasteiger partial charge >= 0.3 is 0 Å². The number of carbonyl (C=O) groups excluding carboxylic acids is 3. The number of benzene rings is 1. The molecule has 1 aromatic heterocycles. The zero-order chi connectivity index (χ0) is 20.8. The highest BCUT2D eigenvalue weighted by atomic mass is 35.5. The number of nitrogens with zero attached hydrogens (tertiary/aromatic N) is 3. The van der Waals surface area contributed by atoms with Gasteiger partial charge in [0.25, 0.3) is 0 Å². The van der Waals surface area contributed by atoms with E-state index < -0.39 is 30.8 Å². The largest absolute Gasteiger partial charge is 0.368 e. The van der Waals surface area contributed by atoms with Crippen molar-refractivity contribution >= 4 is 35.4 Å². The van der Waals surface area contributed by atoms with Gasteiger partial charge in [-0.2, -0.15) is 5.10 Å². The normalized spacial score (nSPS) is 11.0. The number of primary amides is 2. The predicted octanol–water partition coefficient (Wildman–Crippen LogP) is 1.01. The van der Waals surface area contributed by atoms with Crippen molar-refractivity contribution in [3.63, 3.8) is 0 Å². The van der Waals surface area contributed by atoms with Gasteiger partial charge in [-0.15, -0.1) is 0 Å². The average molecular weight is 404 g/mol. The van der Waals surface area contributed by atoms with Gasteiger partial charge in [0.1, 0.15) is 13.1 Å². The molecule has 2 aromatic rings. The third-order valence-corrected chi connectivity index (χ3v) is 4.48. The molecule has 2 rings (SSSR count). The number of nitrogens with two attached hydrogens (primary N) is 2. The Morgan fingerprint density at radius 3 is 2.32 bits per heavy atom. The molecule has 0 aliphatic heterocycles. The Hall–Kier alpha value is -3.13. The molecule has 9 heteroatoms. The summed E-state index contributed by atoms with van der Waals surface area (Å²) in [6.45, 7) is 3.41. The molecule has 0 unspecified atom stereocenters. The zero-order valence-electron chi connectivity index (χ0n) is 15.7. The number of carbonyl (C=O) groups is 3. The Morgan fingerprint density at radius 2 is 1.75 bits per heavy atom. The summed E-state index contributed by atoms with van der Waals surface area (Å²) in [6, 6.07) is 7.49. The first-order valence-corrected chi connectivity index (χ1v) is 8.87. The first-order chi connectivity index (χ1) is 13.2. The van der Waals surface area contributed by atoms with Crippen molar-refractivity contribution in [2.24, 2.45) is 11.5 Å². The SMILES string of the molecule is Cc1nn(Cc2ccccc2Cl)c(C)c1C=CC(=O)N(CC(N)=O)CC(N)=O. The Bertz CT molecular complexity index is 920. The average Bonchev–Trinajstić information content (AvgIpc) is 2.87. The summed E-state index contributed by atoms with van der Waals surface area (Å²) in [4.78, 5) is 35.5. The second-order valence-corrected chi connectivity index (χ2v) is 6.70. The molecule has 0 aliphatic carbocycles. The van der Waals surface area contributed by atoms with E-state index in [9.17, 15) is 14.4 Å². The molecule has 8 nitrogen and oxygen atoms in total. The van der Waals surface area contributed by atoms with Crippen LogP contribution in [0.4, 0.5) is 0 Å².